The first kappa shape index (κ1) is 11.8. The Balaban J connectivity index is 3.37. The highest BCUT2D eigenvalue weighted by Crippen LogP contribution is 2.25. The molecule has 0 aliphatic rings. The number of benzene rings is 1. The van der Waals surface area contributed by atoms with E-state index in [-0.39, 0.29) is 22.0 Å². The van der Waals surface area contributed by atoms with Gasteiger partial charge in [0.25, 0.3) is 0 Å². The highest BCUT2D eigenvalue weighted by atomic mass is 35.5. The Labute approximate surface area is 97.2 Å². The Hall–Kier alpha value is -1.24. The molecule has 78 valence electrons. The zero-order chi connectivity index (χ0) is 11.4. The van der Waals surface area contributed by atoms with E-state index >= 15 is 0 Å². The van der Waals surface area contributed by atoms with Crippen molar-refractivity contribution in [3.05, 3.63) is 33.8 Å². The molecule has 1 aromatic carbocycles. The Morgan fingerprint density at radius 1 is 1.60 bits per heavy atom. The molecule has 0 aliphatic heterocycles. The molecule has 0 aromatic heterocycles. The zero-order valence-corrected chi connectivity index (χ0v) is 9.39. The van der Waals surface area contributed by atoms with Crippen LogP contribution in [0.3, 0.4) is 0 Å². The summed E-state index contributed by atoms with van der Waals surface area (Å²) in [5.74, 6) is -0.401. The lowest BCUT2D eigenvalue weighted by Crippen LogP contribution is -2.04. The number of halogens is 2. The number of nitrogens with zero attached hydrogens (tertiary/aromatic N) is 1. The monoisotopic (exact) mass is 243 g/mol. The van der Waals surface area contributed by atoms with E-state index in [0.717, 1.165) is 0 Å². The van der Waals surface area contributed by atoms with Crippen LogP contribution in [0.1, 0.15) is 21.5 Å². The van der Waals surface area contributed by atoms with Gasteiger partial charge in [-0.25, -0.2) is 4.79 Å². The van der Waals surface area contributed by atoms with E-state index in [1.54, 1.807) is 6.07 Å². The minimum atomic E-state index is -0.572. The first-order valence-corrected chi connectivity index (χ1v) is 4.92. The van der Waals surface area contributed by atoms with Crippen LogP contribution >= 0.6 is 23.2 Å². The molecule has 0 atom stereocenters. The van der Waals surface area contributed by atoms with Gasteiger partial charge < -0.3 is 4.74 Å². The molecule has 0 radical (unpaired) electrons. The average molecular weight is 244 g/mol. The third-order valence-corrected chi connectivity index (χ3v) is 2.57. The van der Waals surface area contributed by atoms with Crippen LogP contribution in [0.5, 0.6) is 0 Å². The summed E-state index contributed by atoms with van der Waals surface area (Å²) in [4.78, 5) is 11.3. The second kappa shape index (κ2) is 5.01. The van der Waals surface area contributed by atoms with Gasteiger partial charge in [0.05, 0.1) is 23.3 Å². The third kappa shape index (κ3) is 2.23. The lowest BCUT2D eigenvalue weighted by atomic mass is 10.1. The van der Waals surface area contributed by atoms with Gasteiger partial charge in [0.2, 0.25) is 0 Å². The molecule has 0 fully saturated rings. The molecule has 0 aliphatic carbocycles. The molecule has 0 amide bonds. The van der Waals surface area contributed by atoms with Gasteiger partial charge in [-0.3, -0.25) is 0 Å². The second-order valence-electron chi connectivity index (χ2n) is 2.70. The van der Waals surface area contributed by atoms with Crippen molar-refractivity contribution >= 4 is 29.2 Å². The Morgan fingerprint density at radius 3 is 2.73 bits per heavy atom. The maximum absolute atomic E-state index is 11.3. The summed E-state index contributed by atoms with van der Waals surface area (Å²) in [6.45, 7) is 0. The first-order chi connectivity index (χ1) is 7.15. The number of hydrogen-bond donors (Lipinski definition) is 0. The largest absolute Gasteiger partial charge is 0.465 e. The van der Waals surface area contributed by atoms with E-state index in [2.05, 4.69) is 4.74 Å². The van der Waals surface area contributed by atoms with Gasteiger partial charge in [0, 0.05) is 5.88 Å². The summed E-state index contributed by atoms with van der Waals surface area (Å²) in [7, 11) is 1.25. The molecule has 1 rings (SSSR count). The zero-order valence-electron chi connectivity index (χ0n) is 7.88. The minimum Gasteiger partial charge on any atom is -0.465 e. The standard InChI is InChI=1S/C10H7Cl2NO2/c1-15-10(14)7-3-2-6(4-11)8(5-13)9(7)12/h2-3H,4H2,1H3. The first-order valence-electron chi connectivity index (χ1n) is 4.01. The van der Waals surface area contributed by atoms with Crippen LogP contribution < -0.4 is 0 Å². The minimum absolute atomic E-state index is 0.0856. The highest BCUT2D eigenvalue weighted by molar-refractivity contribution is 6.35. The van der Waals surface area contributed by atoms with Crippen molar-refractivity contribution in [1.82, 2.24) is 0 Å². The lowest BCUT2D eigenvalue weighted by molar-refractivity contribution is 0.0601. The maximum Gasteiger partial charge on any atom is 0.339 e. The van der Waals surface area contributed by atoms with Crippen molar-refractivity contribution in [2.75, 3.05) is 7.11 Å². The van der Waals surface area contributed by atoms with Crippen molar-refractivity contribution < 1.29 is 9.53 Å². The van der Waals surface area contributed by atoms with Crippen LogP contribution in [0.15, 0.2) is 12.1 Å². The number of rotatable bonds is 2. The third-order valence-electron chi connectivity index (χ3n) is 1.89. The number of carbonyl (C=O) groups excluding carboxylic acids is 1. The van der Waals surface area contributed by atoms with Crippen molar-refractivity contribution in [3.63, 3.8) is 0 Å². The number of esters is 1. The molecule has 15 heavy (non-hydrogen) atoms. The normalized spacial score (nSPS) is 9.47. The fourth-order valence-electron chi connectivity index (χ4n) is 1.12. The number of nitriles is 1. The van der Waals surface area contributed by atoms with Crippen molar-refractivity contribution in [2.45, 2.75) is 5.88 Å². The SMILES string of the molecule is COC(=O)c1ccc(CCl)c(C#N)c1Cl. The van der Waals surface area contributed by atoms with Crippen LogP contribution in [0.25, 0.3) is 0 Å². The van der Waals surface area contributed by atoms with E-state index in [9.17, 15) is 4.79 Å². The van der Waals surface area contributed by atoms with Crippen LogP contribution in [0.2, 0.25) is 5.02 Å². The Kier molecular flexibility index (Phi) is 3.96. The summed E-state index contributed by atoms with van der Waals surface area (Å²) in [6, 6.07) is 4.99. The smallest absolute Gasteiger partial charge is 0.339 e. The Bertz CT molecular complexity index is 438. The molecule has 0 N–H and O–H groups in total. The molecule has 0 spiro atoms. The predicted molar refractivity (Wildman–Crippen MR) is 57.1 cm³/mol. The molecular weight excluding hydrogens is 237 g/mol. The summed E-state index contributed by atoms with van der Waals surface area (Å²) in [5.41, 5.74) is 0.982. The van der Waals surface area contributed by atoms with Crippen molar-refractivity contribution in [3.8, 4) is 6.07 Å². The fraction of sp³-hybridized carbons (Fsp3) is 0.200. The van der Waals surface area contributed by atoms with Gasteiger partial charge in [-0.15, -0.1) is 11.6 Å². The quantitative estimate of drug-likeness (QED) is 0.593. The summed E-state index contributed by atoms with van der Waals surface area (Å²) in [6.07, 6.45) is 0. The number of carbonyl (C=O) groups is 1. The van der Waals surface area contributed by atoms with E-state index in [1.807, 2.05) is 6.07 Å². The molecule has 0 bridgehead atoms. The number of ether oxygens (including phenoxy) is 1. The molecule has 1 aromatic rings. The van der Waals surface area contributed by atoms with Crippen LogP contribution in [-0.4, -0.2) is 13.1 Å². The van der Waals surface area contributed by atoms with Gasteiger partial charge in [0.1, 0.15) is 6.07 Å². The molecule has 5 heteroatoms. The van der Waals surface area contributed by atoms with E-state index < -0.39 is 5.97 Å². The molecule has 0 saturated heterocycles. The van der Waals surface area contributed by atoms with Crippen LogP contribution in [0, 0.1) is 11.3 Å². The van der Waals surface area contributed by atoms with Gasteiger partial charge in [-0.2, -0.15) is 5.26 Å². The van der Waals surface area contributed by atoms with E-state index in [4.69, 9.17) is 28.5 Å². The van der Waals surface area contributed by atoms with Gasteiger partial charge in [-0.1, -0.05) is 17.7 Å². The van der Waals surface area contributed by atoms with Crippen LogP contribution in [-0.2, 0) is 10.6 Å². The second-order valence-corrected chi connectivity index (χ2v) is 3.34. The summed E-state index contributed by atoms with van der Waals surface area (Å²) in [5, 5.41) is 8.95. The molecule has 3 nitrogen and oxygen atoms in total. The van der Waals surface area contributed by atoms with Crippen LogP contribution in [0.4, 0.5) is 0 Å². The van der Waals surface area contributed by atoms with E-state index in [0.29, 0.717) is 5.56 Å². The summed E-state index contributed by atoms with van der Waals surface area (Å²) >= 11 is 11.5. The molecule has 0 unspecified atom stereocenters. The fourth-order valence-corrected chi connectivity index (χ4v) is 1.64. The Morgan fingerprint density at radius 2 is 2.27 bits per heavy atom. The molecule has 0 heterocycles. The summed E-state index contributed by atoms with van der Waals surface area (Å²) < 4.78 is 4.52. The van der Waals surface area contributed by atoms with Gasteiger partial charge in [0.15, 0.2) is 0 Å². The van der Waals surface area contributed by atoms with E-state index in [1.165, 1.54) is 13.2 Å². The number of methoxy groups -OCH3 is 1. The number of hydrogen-bond acceptors (Lipinski definition) is 3. The topological polar surface area (TPSA) is 50.1 Å². The molecular formula is C10H7Cl2NO2. The molecule has 0 saturated carbocycles. The van der Waals surface area contributed by atoms with Crippen molar-refractivity contribution in [2.24, 2.45) is 0 Å². The predicted octanol–water partition coefficient (Wildman–Crippen LogP) is 2.74. The number of alkyl halides is 1. The van der Waals surface area contributed by atoms with Gasteiger partial charge in [-0.05, 0) is 11.6 Å². The average Bonchev–Trinajstić information content (AvgIpc) is 2.27. The van der Waals surface area contributed by atoms with Crippen molar-refractivity contribution in [1.29, 1.82) is 5.26 Å². The van der Waals surface area contributed by atoms with Gasteiger partial charge >= 0.3 is 5.97 Å². The lowest BCUT2D eigenvalue weighted by Gasteiger charge is -2.06. The maximum atomic E-state index is 11.3. The highest BCUT2D eigenvalue weighted by Gasteiger charge is 2.16.